The maximum atomic E-state index is 11.9. The molecule has 0 N–H and O–H groups in total. The zero-order valence-electron chi connectivity index (χ0n) is 9.65. The molecule has 0 radical (unpaired) electrons. The van der Waals surface area contributed by atoms with Crippen molar-refractivity contribution >= 4 is 5.78 Å². The highest BCUT2D eigenvalue weighted by atomic mass is 19.3. The fourth-order valence-corrected chi connectivity index (χ4v) is 1.28. The third kappa shape index (κ3) is 4.11. The van der Waals surface area contributed by atoms with Crippen LogP contribution in [0.2, 0.25) is 0 Å². The summed E-state index contributed by atoms with van der Waals surface area (Å²) in [5, 5.41) is 0. The van der Waals surface area contributed by atoms with Crippen molar-refractivity contribution < 1.29 is 23.0 Å². The Hall–Kier alpha value is -1.49. The van der Waals surface area contributed by atoms with E-state index >= 15 is 0 Å². The lowest BCUT2D eigenvalue weighted by Crippen LogP contribution is -2.23. The van der Waals surface area contributed by atoms with E-state index in [1.54, 1.807) is 24.3 Å². The van der Waals surface area contributed by atoms with Crippen LogP contribution >= 0.6 is 0 Å². The van der Waals surface area contributed by atoms with E-state index in [4.69, 9.17) is 9.47 Å². The van der Waals surface area contributed by atoms with E-state index in [9.17, 15) is 13.6 Å². The summed E-state index contributed by atoms with van der Waals surface area (Å²) in [6, 6.07) is 6.41. The van der Waals surface area contributed by atoms with Crippen molar-refractivity contribution in [3.8, 4) is 5.75 Å². The van der Waals surface area contributed by atoms with Crippen LogP contribution in [0.15, 0.2) is 24.3 Å². The molecule has 94 valence electrons. The number of methoxy groups -OCH3 is 1. The Bertz CT molecular complexity index is 363. The molecule has 0 aliphatic rings. The number of rotatable bonds is 6. The maximum absolute atomic E-state index is 11.9. The SMILES string of the molecule is COc1ccc(C(=O)C(C)OCC(F)F)cc1. The smallest absolute Gasteiger partial charge is 0.261 e. The van der Waals surface area contributed by atoms with Gasteiger partial charge >= 0.3 is 0 Å². The van der Waals surface area contributed by atoms with Crippen LogP contribution in [-0.4, -0.2) is 32.0 Å². The van der Waals surface area contributed by atoms with E-state index in [-0.39, 0.29) is 5.78 Å². The third-order valence-corrected chi connectivity index (χ3v) is 2.22. The second-order valence-electron chi connectivity index (χ2n) is 3.46. The number of carbonyl (C=O) groups excluding carboxylic acids is 1. The Balaban J connectivity index is 2.61. The first-order valence-electron chi connectivity index (χ1n) is 5.12. The Labute approximate surface area is 98.3 Å². The minimum absolute atomic E-state index is 0.326. The number of carbonyl (C=O) groups is 1. The van der Waals surface area contributed by atoms with Gasteiger partial charge in [-0.05, 0) is 31.2 Å². The predicted octanol–water partition coefficient (Wildman–Crippen LogP) is 2.55. The van der Waals surface area contributed by atoms with Gasteiger partial charge in [0.1, 0.15) is 18.5 Å². The first kappa shape index (κ1) is 13.6. The lowest BCUT2D eigenvalue weighted by atomic mass is 10.1. The molecule has 5 heteroatoms. The summed E-state index contributed by atoms with van der Waals surface area (Å²) in [5.41, 5.74) is 0.410. The Kier molecular flexibility index (Phi) is 5.03. The second-order valence-corrected chi connectivity index (χ2v) is 3.46. The van der Waals surface area contributed by atoms with Crippen molar-refractivity contribution in [2.75, 3.05) is 13.7 Å². The lowest BCUT2D eigenvalue weighted by molar-refractivity contribution is -0.00985. The fraction of sp³-hybridized carbons (Fsp3) is 0.417. The molecule has 0 amide bonds. The molecule has 0 bridgehead atoms. The van der Waals surface area contributed by atoms with Gasteiger partial charge in [-0.25, -0.2) is 8.78 Å². The highest BCUT2D eigenvalue weighted by Gasteiger charge is 2.17. The van der Waals surface area contributed by atoms with Crippen LogP contribution in [0.5, 0.6) is 5.75 Å². The summed E-state index contributed by atoms with van der Waals surface area (Å²) in [6.45, 7) is 0.720. The van der Waals surface area contributed by atoms with Gasteiger partial charge in [0, 0.05) is 5.56 Å². The van der Waals surface area contributed by atoms with Crippen LogP contribution in [0.1, 0.15) is 17.3 Å². The third-order valence-electron chi connectivity index (χ3n) is 2.22. The van der Waals surface area contributed by atoms with Gasteiger partial charge in [0.25, 0.3) is 6.43 Å². The van der Waals surface area contributed by atoms with Crippen LogP contribution in [0.4, 0.5) is 8.78 Å². The molecule has 1 aromatic carbocycles. The van der Waals surface area contributed by atoms with E-state index < -0.39 is 19.1 Å². The molecular weight excluding hydrogens is 230 g/mol. The zero-order chi connectivity index (χ0) is 12.8. The molecule has 17 heavy (non-hydrogen) atoms. The normalized spacial score (nSPS) is 12.5. The molecule has 0 aliphatic carbocycles. The van der Waals surface area contributed by atoms with Gasteiger partial charge in [0.2, 0.25) is 0 Å². The molecule has 0 spiro atoms. The molecular formula is C12H14F2O3. The van der Waals surface area contributed by atoms with Crippen LogP contribution in [-0.2, 0) is 4.74 Å². The number of alkyl halides is 2. The maximum Gasteiger partial charge on any atom is 0.261 e. The van der Waals surface area contributed by atoms with Gasteiger partial charge in [-0.2, -0.15) is 0 Å². The molecule has 1 aromatic rings. The molecule has 1 rings (SSSR count). The fourth-order valence-electron chi connectivity index (χ4n) is 1.28. The lowest BCUT2D eigenvalue weighted by Gasteiger charge is -2.11. The molecule has 0 fully saturated rings. The highest BCUT2D eigenvalue weighted by molar-refractivity contribution is 5.99. The van der Waals surface area contributed by atoms with Crippen LogP contribution in [0, 0.1) is 0 Å². The molecule has 1 unspecified atom stereocenters. The van der Waals surface area contributed by atoms with Crippen molar-refractivity contribution in [3.63, 3.8) is 0 Å². The first-order chi connectivity index (χ1) is 8.04. The molecule has 0 aliphatic heterocycles. The van der Waals surface area contributed by atoms with Crippen molar-refractivity contribution in [3.05, 3.63) is 29.8 Å². The predicted molar refractivity (Wildman–Crippen MR) is 58.7 cm³/mol. The minimum Gasteiger partial charge on any atom is -0.497 e. The first-order valence-corrected chi connectivity index (χ1v) is 5.12. The standard InChI is InChI=1S/C12H14F2O3/c1-8(17-7-11(13)14)12(15)9-3-5-10(16-2)6-4-9/h3-6,8,11H,7H2,1-2H3. The molecule has 0 heterocycles. The average molecular weight is 244 g/mol. The summed E-state index contributed by atoms with van der Waals surface area (Å²) in [6.07, 6.45) is -3.45. The number of hydrogen-bond acceptors (Lipinski definition) is 3. The summed E-state index contributed by atoms with van der Waals surface area (Å²) >= 11 is 0. The number of benzene rings is 1. The van der Waals surface area contributed by atoms with Gasteiger partial charge in [-0.3, -0.25) is 4.79 Å². The Morgan fingerprint density at radius 2 is 1.88 bits per heavy atom. The number of Topliss-reactive ketones (excluding diaryl/α,β-unsaturated/α-hetero) is 1. The van der Waals surface area contributed by atoms with Crippen LogP contribution in [0.25, 0.3) is 0 Å². The van der Waals surface area contributed by atoms with E-state index in [1.807, 2.05) is 0 Å². The number of hydrogen-bond donors (Lipinski definition) is 0. The van der Waals surface area contributed by atoms with Crippen molar-refractivity contribution in [2.24, 2.45) is 0 Å². The van der Waals surface area contributed by atoms with E-state index in [0.29, 0.717) is 11.3 Å². The van der Waals surface area contributed by atoms with E-state index in [2.05, 4.69) is 0 Å². The van der Waals surface area contributed by atoms with E-state index in [0.717, 1.165) is 0 Å². The average Bonchev–Trinajstić information content (AvgIpc) is 2.35. The van der Waals surface area contributed by atoms with Gasteiger partial charge in [-0.15, -0.1) is 0 Å². The molecule has 0 aromatic heterocycles. The quantitative estimate of drug-likeness (QED) is 0.721. The summed E-state index contributed by atoms with van der Waals surface area (Å²) < 4.78 is 33.5. The largest absolute Gasteiger partial charge is 0.497 e. The molecule has 3 nitrogen and oxygen atoms in total. The second kappa shape index (κ2) is 6.30. The Morgan fingerprint density at radius 3 is 2.35 bits per heavy atom. The van der Waals surface area contributed by atoms with Crippen LogP contribution in [0.3, 0.4) is 0 Å². The topological polar surface area (TPSA) is 35.5 Å². The molecule has 0 saturated heterocycles. The number of ether oxygens (including phenoxy) is 2. The van der Waals surface area contributed by atoms with Crippen molar-refractivity contribution in [1.82, 2.24) is 0 Å². The Morgan fingerprint density at radius 1 is 1.29 bits per heavy atom. The molecule has 1 atom stereocenters. The highest BCUT2D eigenvalue weighted by Crippen LogP contribution is 2.14. The van der Waals surface area contributed by atoms with Crippen LogP contribution < -0.4 is 4.74 Å². The minimum atomic E-state index is -2.57. The monoisotopic (exact) mass is 244 g/mol. The van der Waals surface area contributed by atoms with Gasteiger partial charge in [0.15, 0.2) is 5.78 Å². The summed E-state index contributed by atoms with van der Waals surface area (Å²) in [5.74, 6) is 0.302. The van der Waals surface area contributed by atoms with Gasteiger partial charge in [0.05, 0.1) is 7.11 Å². The number of halogens is 2. The van der Waals surface area contributed by atoms with Crippen molar-refractivity contribution in [2.45, 2.75) is 19.5 Å². The van der Waals surface area contributed by atoms with Gasteiger partial charge in [-0.1, -0.05) is 0 Å². The zero-order valence-corrected chi connectivity index (χ0v) is 9.65. The molecule has 0 saturated carbocycles. The van der Waals surface area contributed by atoms with Crippen molar-refractivity contribution in [1.29, 1.82) is 0 Å². The number of ketones is 1. The summed E-state index contributed by atoms with van der Waals surface area (Å²) in [7, 11) is 1.52. The van der Waals surface area contributed by atoms with E-state index in [1.165, 1.54) is 14.0 Å². The summed E-state index contributed by atoms with van der Waals surface area (Å²) in [4.78, 5) is 11.7. The van der Waals surface area contributed by atoms with Gasteiger partial charge < -0.3 is 9.47 Å².